The average Bonchev–Trinajstić information content (AvgIpc) is 2.52. The Kier molecular flexibility index (Phi) is 7.93. The van der Waals surface area contributed by atoms with E-state index in [9.17, 15) is 14.4 Å². The highest BCUT2D eigenvalue weighted by atomic mass is 16.6. The normalized spacial score (nSPS) is 16.9. The molecular formula is C18H30N2O5. The standard InChI is InChI=1S/C18H30N2O5/c1-12(15(21)19-13(2)16(22)25-18(3,4)5)20-17(23)24-11-14-9-7-6-8-10-14/h9,12-13H,6-8,10-11H2,1-5H3,(H,19,21)(H,20,23)/t12-,13-/m0/s1. The molecule has 0 aromatic carbocycles. The molecule has 0 radical (unpaired) electrons. The number of alkyl carbamates (subject to hydrolysis) is 1. The van der Waals surface area contributed by atoms with Crippen LogP contribution in [0.1, 0.15) is 60.3 Å². The molecule has 2 N–H and O–H groups in total. The van der Waals surface area contributed by atoms with Crippen molar-refractivity contribution in [2.45, 2.75) is 78.0 Å². The molecule has 0 unspecified atom stereocenters. The van der Waals surface area contributed by atoms with E-state index in [1.54, 1.807) is 20.8 Å². The highest BCUT2D eigenvalue weighted by Crippen LogP contribution is 2.17. The van der Waals surface area contributed by atoms with Crippen molar-refractivity contribution >= 4 is 18.0 Å². The van der Waals surface area contributed by atoms with Gasteiger partial charge in [-0.25, -0.2) is 9.59 Å². The molecule has 0 aromatic rings. The Balaban J connectivity index is 2.36. The number of hydrogen-bond acceptors (Lipinski definition) is 5. The average molecular weight is 354 g/mol. The van der Waals surface area contributed by atoms with Gasteiger partial charge in [-0.05, 0) is 65.9 Å². The number of amides is 2. The third-order valence-corrected chi connectivity index (χ3v) is 3.62. The van der Waals surface area contributed by atoms with Crippen LogP contribution in [0.25, 0.3) is 0 Å². The van der Waals surface area contributed by atoms with Crippen LogP contribution >= 0.6 is 0 Å². The Morgan fingerprint density at radius 2 is 1.80 bits per heavy atom. The van der Waals surface area contributed by atoms with Crippen molar-refractivity contribution < 1.29 is 23.9 Å². The largest absolute Gasteiger partial charge is 0.458 e. The van der Waals surface area contributed by atoms with E-state index in [0.717, 1.165) is 24.8 Å². The molecule has 1 aliphatic carbocycles. The maximum atomic E-state index is 12.1. The summed E-state index contributed by atoms with van der Waals surface area (Å²) in [6, 6.07) is -1.63. The minimum Gasteiger partial charge on any atom is -0.458 e. The number of nitrogens with one attached hydrogen (secondary N) is 2. The van der Waals surface area contributed by atoms with Gasteiger partial charge >= 0.3 is 12.1 Å². The van der Waals surface area contributed by atoms with E-state index in [0.29, 0.717) is 0 Å². The minimum absolute atomic E-state index is 0.245. The van der Waals surface area contributed by atoms with Crippen molar-refractivity contribution in [2.24, 2.45) is 0 Å². The maximum absolute atomic E-state index is 12.1. The van der Waals surface area contributed by atoms with E-state index in [1.807, 2.05) is 0 Å². The van der Waals surface area contributed by atoms with Crippen molar-refractivity contribution in [1.82, 2.24) is 10.6 Å². The minimum atomic E-state index is -0.822. The summed E-state index contributed by atoms with van der Waals surface area (Å²) in [5, 5.41) is 4.98. The molecule has 0 bridgehead atoms. The van der Waals surface area contributed by atoms with Crippen LogP contribution in [0, 0.1) is 0 Å². The molecule has 0 aliphatic heterocycles. The number of hydrogen-bond donors (Lipinski definition) is 2. The molecule has 0 saturated heterocycles. The summed E-state index contributed by atoms with van der Waals surface area (Å²) in [4.78, 5) is 35.7. The zero-order chi connectivity index (χ0) is 19.0. The highest BCUT2D eigenvalue weighted by molar-refractivity contribution is 5.89. The molecule has 25 heavy (non-hydrogen) atoms. The Morgan fingerprint density at radius 1 is 1.12 bits per heavy atom. The SMILES string of the molecule is C[C@H](NC(=O)OCC1=CCCCC1)C(=O)N[C@@H](C)C(=O)OC(C)(C)C. The first-order chi connectivity index (χ1) is 11.6. The van der Waals surface area contributed by atoms with Gasteiger partial charge in [-0.2, -0.15) is 0 Å². The van der Waals surface area contributed by atoms with Crippen LogP contribution in [-0.4, -0.2) is 42.3 Å². The van der Waals surface area contributed by atoms with Crippen LogP contribution < -0.4 is 10.6 Å². The summed E-state index contributed by atoms with van der Waals surface area (Å²) in [6.07, 6.45) is 5.67. The first kappa shape index (κ1) is 21.0. The van der Waals surface area contributed by atoms with Crippen LogP contribution in [-0.2, 0) is 19.1 Å². The van der Waals surface area contributed by atoms with Gasteiger partial charge in [0.15, 0.2) is 0 Å². The molecule has 0 spiro atoms. The molecule has 1 rings (SSSR count). The monoisotopic (exact) mass is 354 g/mol. The summed E-state index contributed by atoms with van der Waals surface area (Å²) in [7, 11) is 0. The second-order valence-electron chi connectivity index (χ2n) is 7.31. The summed E-state index contributed by atoms with van der Waals surface area (Å²) < 4.78 is 10.3. The zero-order valence-electron chi connectivity index (χ0n) is 15.8. The van der Waals surface area contributed by atoms with E-state index < -0.39 is 35.7 Å². The van der Waals surface area contributed by atoms with Gasteiger partial charge in [0.05, 0.1) is 0 Å². The van der Waals surface area contributed by atoms with E-state index >= 15 is 0 Å². The van der Waals surface area contributed by atoms with Crippen LogP contribution in [0.15, 0.2) is 11.6 Å². The molecule has 142 valence electrons. The fraction of sp³-hybridized carbons (Fsp3) is 0.722. The first-order valence-corrected chi connectivity index (χ1v) is 8.73. The van der Waals surface area contributed by atoms with Crippen LogP contribution in [0.2, 0.25) is 0 Å². The van der Waals surface area contributed by atoms with E-state index in [1.165, 1.54) is 20.3 Å². The van der Waals surface area contributed by atoms with Gasteiger partial charge in [-0.3, -0.25) is 4.79 Å². The van der Waals surface area contributed by atoms with Gasteiger partial charge in [-0.15, -0.1) is 0 Å². The summed E-state index contributed by atoms with van der Waals surface area (Å²) in [6.45, 7) is 8.56. The second-order valence-corrected chi connectivity index (χ2v) is 7.31. The third-order valence-electron chi connectivity index (χ3n) is 3.62. The van der Waals surface area contributed by atoms with Gasteiger partial charge in [0.1, 0.15) is 24.3 Å². The molecule has 0 fully saturated rings. The van der Waals surface area contributed by atoms with Crippen molar-refractivity contribution in [3.05, 3.63) is 11.6 Å². The van der Waals surface area contributed by atoms with Gasteiger partial charge in [0.25, 0.3) is 0 Å². The molecular weight excluding hydrogens is 324 g/mol. The number of carbonyl (C=O) groups is 3. The maximum Gasteiger partial charge on any atom is 0.408 e. The Bertz CT molecular complexity index is 522. The molecule has 0 saturated carbocycles. The number of esters is 1. The Hall–Kier alpha value is -2.05. The first-order valence-electron chi connectivity index (χ1n) is 8.73. The molecule has 0 heterocycles. The lowest BCUT2D eigenvalue weighted by molar-refractivity contribution is -0.158. The van der Waals surface area contributed by atoms with Crippen molar-refractivity contribution in [2.75, 3.05) is 6.61 Å². The lowest BCUT2D eigenvalue weighted by atomic mass is 10.0. The van der Waals surface area contributed by atoms with Gasteiger partial charge in [0, 0.05) is 0 Å². The summed E-state index contributed by atoms with van der Waals surface area (Å²) in [5.74, 6) is -1.01. The molecule has 7 nitrogen and oxygen atoms in total. The van der Waals surface area contributed by atoms with Crippen molar-refractivity contribution in [3.63, 3.8) is 0 Å². The predicted octanol–water partition coefficient (Wildman–Crippen LogP) is 2.45. The number of carbonyl (C=O) groups excluding carboxylic acids is 3. The number of allylic oxidation sites excluding steroid dienone is 1. The predicted molar refractivity (Wildman–Crippen MR) is 93.9 cm³/mol. The lowest BCUT2D eigenvalue weighted by Gasteiger charge is -2.23. The molecule has 2 amide bonds. The highest BCUT2D eigenvalue weighted by Gasteiger charge is 2.25. The Morgan fingerprint density at radius 3 is 2.36 bits per heavy atom. The summed E-state index contributed by atoms with van der Waals surface area (Å²) in [5.41, 5.74) is 0.481. The van der Waals surface area contributed by atoms with E-state index in [2.05, 4.69) is 16.7 Å². The topological polar surface area (TPSA) is 93.7 Å². The van der Waals surface area contributed by atoms with Crippen LogP contribution in [0.5, 0.6) is 0 Å². The summed E-state index contributed by atoms with van der Waals surface area (Å²) >= 11 is 0. The fourth-order valence-corrected chi connectivity index (χ4v) is 2.27. The third kappa shape index (κ3) is 8.56. The number of ether oxygens (including phenoxy) is 2. The second kappa shape index (κ2) is 9.44. The zero-order valence-corrected chi connectivity index (χ0v) is 15.8. The van der Waals surface area contributed by atoms with Crippen LogP contribution in [0.3, 0.4) is 0 Å². The van der Waals surface area contributed by atoms with Crippen molar-refractivity contribution in [1.29, 1.82) is 0 Å². The van der Waals surface area contributed by atoms with E-state index in [4.69, 9.17) is 9.47 Å². The Labute approximate surface area is 149 Å². The van der Waals surface area contributed by atoms with Gasteiger partial charge < -0.3 is 20.1 Å². The molecule has 0 aromatic heterocycles. The van der Waals surface area contributed by atoms with Crippen molar-refractivity contribution in [3.8, 4) is 0 Å². The number of rotatable bonds is 6. The lowest BCUT2D eigenvalue weighted by Crippen LogP contribution is -2.50. The van der Waals surface area contributed by atoms with Crippen LogP contribution in [0.4, 0.5) is 4.79 Å². The van der Waals surface area contributed by atoms with Gasteiger partial charge in [-0.1, -0.05) is 6.08 Å². The molecule has 7 heteroatoms. The quantitative estimate of drug-likeness (QED) is 0.564. The van der Waals surface area contributed by atoms with Gasteiger partial charge in [0.2, 0.25) is 5.91 Å². The van der Waals surface area contributed by atoms with E-state index in [-0.39, 0.29) is 6.61 Å². The fourth-order valence-electron chi connectivity index (χ4n) is 2.27. The molecule has 1 aliphatic rings. The smallest absolute Gasteiger partial charge is 0.408 e. The molecule has 2 atom stereocenters.